The summed E-state index contributed by atoms with van der Waals surface area (Å²) in [4.78, 5) is 0. The second-order valence-electron chi connectivity index (χ2n) is 6.59. The molecule has 0 bridgehead atoms. The van der Waals surface area contributed by atoms with E-state index in [1.54, 1.807) is 0 Å². The largest absolute Gasteiger partial charge is 0.157 e. The fourth-order valence-corrected chi connectivity index (χ4v) is 5.29. The monoisotopic (exact) mass is 372 g/mol. The Morgan fingerprint density at radius 1 is 0.720 bits per heavy atom. The summed E-state index contributed by atoms with van der Waals surface area (Å²) in [5.41, 5.74) is 2.91. The molecule has 0 aromatic heterocycles. The van der Waals surface area contributed by atoms with Crippen molar-refractivity contribution in [3.05, 3.63) is 71.8 Å². The van der Waals surface area contributed by atoms with E-state index < -0.39 is 0 Å². The SMILES string of the molecule is CCCCCCC(CCSCc1ccccc1)SCc1ccccc1. The molecule has 2 heteroatoms. The fraction of sp³-hybridized carbons (Fsp3) is 0.478. The lowest BCUT2D eigenvalue weighted by atomic mass is 10.1. The van der Waals surface area contributed by atoms with Crippen molar-refractivity contribution in [2.24, 2.45) is 0 Å². The first-order chi connectivity index (χ1) is 12.4. The zero-order valence-electron chi connectivity index (χ0n) is 15.5. The van der Waals surface area contributed by atoms with Gasteiger partial charge in [0.2, 0.25) is 0 Å². The van der Waals surface area contributed by atoms with Gasteiger partial charge in [-0.25, -0.2) is 0 Å². The molecule has 0 amide bonds. The maximum atomic E-state index is 2.29. The Hall–Kier alpha value is -0.860. The van der Waals surface area contributed by atoms with Crippen LogP contribution in [0.1, 0.15) is 56.6 Å². The van der Waals surface area contributed by atoms with Crippen LogP contribution in [0.2, 0.25) is 0 Å². The molecule has 0 radical (unpaired) electrons. The second kappa shape index (κ2) is 13.4. The number of thioether (sulfide) groups is 2. The molecule has 0 saturated heterocycles. The van der Waals surface area contributed by atoms with Gasteiger partial charge in [-0.15, -0.1) is 0 Å². The predicted octanol–water partition coefficient (Wildman–Crippen LogP) is 7.58. The third-order valence-electron chi connectivity index (χ3n) is 4.40. The third kappa shape index (κ3) is 9.42. The summed E-state index contributed by atoms with van der Waals surface area (Å²) >= 11 is 4.25. The van der Waals surface area contributed by atoms with Gasteiger partial charge in [0.1, 0.15) is 0 Å². The van der Waals surface area contributed by atoms with E-state index in [2.05, 4.69) is 91.1 Å². The van der Waals surface area contributed by atoms with Crippen LogP contribution in [-0.2, 0) is 11.5 Å². The summed E-state index contributed by atoms with van der Waals surface area (Å²) in [5, 5.41) is 0.806. The molecule has 0 heterocycles. The second-order valence-corrected chi connectivity index (χ2v) is 8.99. The van der Waals surface area contributed by atoms with Crippen molar-refractivity contribution in [3.63, 3.8) is 0 Å². The smallest absolute Gasteiger partial charge is 0.0187 e. The van der Waals surface area contributed by atoms with Gasteiger partial charge in [0.25, 0.3) is 0 Å². The molecule has 0 aliphatic heterocycles. The lowest BCUT2D eigenvalue weighted by molar-refractivity contribution is 0.612. The molecule has 136 valence electrons. The molecule has 0 saturated carbocycles. The van der Waals surface area contributed by atoms with Gasteiger partial charge >= 0.3 is 0 Å². The van der Waals surface area contributed by atoms with Crippen LogP contribution in [-0.4, -0.2) is 11.0 Å². The first kappa shape index (κ1) is 20.5. The Balaban J connectivity index is 1.70. The Labute approximate surface area is 163 Å². The van der Waals surface area contributed by atoms with E-state index in [1.165, 1.54) is 55.4 Å². The van der Waals surface area contributed by atoms with E-state index >= 15 is 0 Å². The van der Waals surface area contributed by atoms with Gasteiger partial charge in [0.15, 0.2) is 0 Å². The fourth-order valence-electron chi connectivity index (χ4n) is 2.88. The average molecular weight is 373 g/mol. The number of rotatable bonds is 13. The van der Waals surface area contributed by atoms with Crippen LogP contribution in [0.3, 0.4) is 0 Å². The Kier molecular flexibility index (Phi) is 10.9. The molecule has 0 spiro atoms. The standard InChI is InChI=1S/C23H32S2/c1-2-3-4-11-16-23(25-20-22-14-9-6-10-15-22)17-18-24-19-21-12-7-5-8-13-21/h5-10,12-15,23H,2-4,11,16-20H2,1H3. The summed E-state index contributed by atoms with van der Waals surface area (Å²) in [6.07, 6.45) is 8.22. The average Bonchev–Trinajstić information content (AvgIpc) is 2.67. The molecule has 25 heavy (non-hydrogen) atoms. The van der Waals surface area contributed by atoms with Crippen LogP contribution in [0.4, 0.5) is 0 Å². The minimum atomic E-state index is 0.806. The third-order valence-corrected chi connectivity index (χ3v) is 6.91. The van der Waals surface area contributed by atoms with E-state index in [0.717, 1.165) is 16.8 Å². The van der Waals surface area contributed by atoms with Gasteiger partial charge in [-0.2, -0.15) is 23.5 Å². The number of hydrogen-bond acceptors (Lipinski definition) is 2. The number of hydrogen-bond donors (Lipinski definition) is 0. The highest BCUT2D eigenvalue weighted by Crippen LogP contribution is 2.27. The highest BCUT2D eigenvalue weighted by molar-refractivity contribution is 7.99. The minimum absolute atomic E-state index is 0.806. The molecular formula is C23H32S2. The van der Waals surface area contributed by atoms with Crippen LogP contribution in [0.25, 0.3) is 0 Å². The molecule has 0 aliphatic carbocycles. The van der Waals surface area contributed by atoms with Gasteiger partial charge in [0, 0.05) is 16.8 Å². The van der Waals surface area contributed by atoms with Crippen LogP contribution in [0.15, 0.2) is 60.7 Å². The van der Waals surface area contributed by atoms with Crippen molar-refractivity contribution in [1.82, 2.24) is 0 Å². The molecular weight excluding hydrogens is 340 g/mol. The van der Waals surface area contributed by atoms with Gasteiger partial charge < -0.3 is 0 Å². The lowest BCUT2D eigenvalue weighted by Gasteiger charge is -2.16. The summed E-state index contributed by atoms with van der Waals surface area (Å²) in [5.74, 6) is 3.57. The molecule has 0 nitrogen and oxygen atoms in total. The van der Waals surface area contributed by atoms with E-state index in [4.69, 9.17) is 0 Å². The van der Waals surface area contributed by atoms with E-state index in [9.17, 15) is 0 Å². The van der Waals surface area contributed by atoms with Crippen molar-refractivity contribution in [3.8, 4) is 0 Å². The predicted molar refractivity (Wildman–Crippen MR) is 118 cm³/mol. The maximum absolute atomic E-state index is 2.29. The summed E-state index contributed by atoms with van der Waals surface area (Å²) < 4.78 is 0. The summed E-state index contributed by atoms with van der Waals surface area (Å²) in [7, 11) is 0. The van der Waals surface area contributed by atoms with Crippen molar-refractivity contribution in [1.29, 1.82) is 0 Å². The van der Waals surface area contributed by atoms with Crippen molar-refractivity contribution in [2.75, 3.05) is 5.75 Å². The van der Waals surface area contributed by atoms with Crippen LogP contribution >= 0.6 is 23.5 Å². The zero-order valence-corrected chi connectivity index (χ0v) is 17.2. The molecule has 1 atom stereocenters. The topological polar surface area (TPSA) is 0 Å². The first-order valence-electron chi connectivity index (χ1n) is 9.65. The zero-order chi connectivity index (χ0) is 17.6. The molecule has 0 aliphatic rings. The van der Waals surface area contributed by atoms with Gasteiger partial charge in [0.05, 0.1) is 0 Å². The summed E-state index contributed by atoms with van der Waals surface area (Å²) in [6, 6.07) is 21.8. The van der Waals surface area contributed by atoms with E-state index in [-0.39, 0.29) is 0 Å². The molecule has 0 fully saturated rings. The quantitative estimate of drug-likeness (QED) is 0.332. The van der Waals surface area contributed by atoms with Gasteiger partial charge in [-0.3, -0.25) is 0 Å². The Morgan fingerprint density at radius 2 is 1.36 bits per heavy atom. The van der Waals surface area contributed by atoms with E-state index in [0.29, 0.717) is 0 Å². The van der Waals surface area contributed by atoms with Crippen molar-refractivity contribution < 1.29 is 0 Å². The molecule has 0 N–H and O–H groups in total. The highest BCUT2D eigenvalue weighted by Gasteiger charge is 2.10. The first-order valence-corrected chi connectivity index (χ1v) is 11.9. The van der Waals surface area contributed by atoms with Crippen LogP contribution in [0, 0.1) is 0 Å². The van der Waals surface area contributed by atoms with Crippen LogP contribution in [0.5, 0.6) is 0 Å². The molecule has 1 unspecified atom stereocenters. The molecule has 2 rings (SSSR count). The lowest BCUT2D eigenvalue weighted by Crippen LogP contribution is -2.05. The van der Waals surface area contributed by atoms with Crippen LogP contribution < -0.4 is 0 Å². The number of unbranched alkanes of at least 4 members (excludes halogenated alkanes) is 3. The van der Waals surface area contributed by atoms with Crippen molar-refractivity contribution in [2.45, 2.75) is 62.2 Å². The minimum Gasteiger partial charge on any atom is -0.157 e. The highest BCUT2D eigenvalue weighted by atomic mass is 32.2. The summed E-state index contributed by atoms with van der Waals surface area (Å²) in [6.45, 7) is 2.29. The Bertz CT molecular complexity index is 539. The van der Waals surface area contributed by atoms with Gasteiger partial charge in [-0.05, 0) is 29.7 Å². The number of benzene rings is 2. The van der Waals surface area contributed by atoms with Crippen molar-refractivity contribution >= 4 is 23.5 Å². The molecule has 2 aromatic carbocycles. The van der Waals surface area contributed by atoms with Gasteiger partial charge in [-0.1, -0.05) is 93.3 Å². The Morgan fingerprint density at radius 3 is 2.00 bits per heavy atom. The normalized spacial score (nSPS) is 12.2. The van der Waals surface area contributed by atoms with E-state index in [1.807, 2.05) is 0 Å². The molecule has 2 aromatic rings. The maximum Gasteiger partial charge on any atom is 0.0187 e.